The molecule has 3 rings (SSSR count). The second-order valence-corrected chi connectivity index (χ2v) is 10.7. The minimum atomic E-state index is -0.504. The number of amides is 2. The number of hydrogen-bond acceptors (Lipinski definition) is 7. The van der Waals surface area contributed by atoms with Crippen molar-refractivity contribution >= 4 is 41.8 Å². The number of rotatable bonds is 11. The molecule has 3 N–H and O–H groups in total. The molecule has 216 valence electrons. The van der Waals surface area contributed by atoms with Gasteiger partial charge in [0.15, 0.2) is 0 Å². The normalized spacial score (nSPS) is 15.0. The first kappa shape index (κ1) is 30.8. The standard InChI is InChI=1S/C30H40FN5O4/c1-6-32-29(28-21(2)17-24(18-25(28)31)40-16-13-36-11-14-39-15-12-36)35-23-9-7-22(8-10-23)34-27(38)19-26(37)33-20-30(3,4)5/h6-10,17-18,35H,2,11-16,19-20H2,1,3-5H3,(H,33,37)(H,34,38)/b29-28-,32-6-. The van der Waals surface area contributed by atoms with Crippen LogP contribution in [0, 0.1) is 11.2 Å². The Labute approximate surface area is 235 Å². The van der Waals surface area contributed by atoms with Crippen LogP contribution in [-0.4, -0.2) is 68.9 Å². The highest BCUT2D eigenvalue weighted by Gasteiger charge is 2.15. The number of carbonyl (C=O) groups excluding carboxylic acids is 2. The highest BCUT2D eigenvalue weighted by Crippen LogP contribution is 2.17. The van der Waals surface area contributed by atoms with Gasteiger partial charge in [0.2, 0.25) is 11.8 Å². The van der Waals surface area contributed by atoms with Gasteiger partial charge < -0.3 is 25.4 Å². The van der Waals surface area contributed by atoms with Crippen LogP contribution in [0.3, 0.4) is 0 Å². The number of aliphatic imine (C=N–C) groups is 1. The van der Waals surface area contributed by atoms with E-state index in [0.29, 0.717) is 48.7 Å². The smallest absolute Gasteiger partial charge is 0.233 e. The molecule has 0 atom stereocenters. The first-order valence-corrected chi connectivity index (χ1v) is 13.4. The molecule has 0 unspecified atom stereocenters. The van der Waals surface area contributed by atoms with Crippen LogP contribution in [0.4, 0.5) is 15.8 Å². The molecule has 2 aromatic rings. The molecule has 0 spiro atoms. The van der Waals surface area contributed by atoms with Crippen LogP contribution in [0.2, 0.25) is 0 Å². The van der Waals surface area contributed by atoms with E-state index in [0.717, 1.165) is 19.6 Å². The van der Waals surface area contributed by atoms with Crippen molar-refractivity contribution in [3.63, 3.8) is 0 Å². The predicted molar refractivity (Wildman–Crippen MR) is 157 cm³/mol. The van der Waals surface area contributed by atoms with Crippen molar-refractivity contribution in [1.29, 1.82) is 0 Å². The van der Waals surface area contributed by atoms with Gasteiger partial charge in [-0.1, -0.05) is 27.4 Å². The molecule has 1 aliphatic rings. The van der Waals surface area contributed by atoms with Crippen molar-refractivity contribution in [3.8, 4) is 5.75 Å². The van der Waals surface area contributed by atoms with Gasteiger partial charge in [-0.15, -0.1) is 0 Å². The average Bonchev–Trinajstić information content (AvgIpc) is 2.88. The Bertz CT molecular complexity index is 1300. The lowest BCUT2D eigenvalue weighted by Crippen LogP contribution is -2.38. The number of halogens is 1. The second-order valence-electron chi connectivity index (χ2n) is 10.7. The van der Waals surface area contributed by atoms with E-state index in [-0.39, 0.29) is 28.8 Å². The molecular formula is C30H40FN5O4. The van der Waals surface area contributed by atoms with Crippen LogP contribution in [-0.2, 0) is 14.3 Å². The quantitative estimate of drug-likeness (QED) is 0.292. The number of morpholine rings is 1. The maximum Gasteiger partial charge on any atom is 0.233 e. The monoisotopic (exact) mass is 553 g/mol. The molecule has 0 saturated carbocycles. The van der Waals surface area contributed by atoms with Crippen LogP contribution in [0.1, 0.15) is 34.1 Å². The minimum absolute atomic E-state index is 0.0664. The number of nitrogens with zero attached hydrogens (tertiary/aromatic N) is 2. The lowest BCUT2D eigenvalue weighted by Gasteiger charge is -2.26. The topological polar surface area (TPSA) is 104 Å². The summed E-state index contributed by atoms with van der Waals surface area (Å²) in [6.07, 6.45) is 1.30. The van der Waals surface area contributed by atoms with Crippen LogP contribution >= 0.6 is 0 Å². The zero-order valence-corrected chi connectivity index (χ0v) is 23.8. The number of hydrogen-bond donors (Lipinski definition) is 3. The molecule has 1 heterocycles. The first-order chi connectivity index (χ1) is 19.0. The van der Waals surface area contributed by atoms with Gasteiger partial charge in [-0.25, -0.2) is 9.38 Å². The van der Waals surface area contributed by atoms with Crippen molar-refractivity contribution in [1.82, 2.24) is 10.2 Å². The molecule has 2 aromatic carbocycles. The van der Waals surface area contributed by atoms with Gasteiger partial charge in [-0.3, -0.25) is 14.5 Å². The van der Waals surface area contributed by atoms with E-state index in [9.17, 15) is 9.59 Å². The summed E-state index contributed by atoms with van der Waals surface area (Å²) in [5.41, 5.74) is 1.09. The summed E-state index contributed by atoms with van der Waals surface area (Å²) in [7, 11) is 0. The maximum atomic E-state index is 15.2. The van der Waals surface area contributed by atoms with Gasteiger partial charge in [0.1, 0.15) is 30.4 Å². The average molecular weight is 554 g/mol. The predicted octanol–water partition coefficient (Wildman–Crippen LogP) is 2.71. The third-order valence-electron chi connectivity index (χ3n) is 5.99. The fraction of sp³-hybridized carbons (Fsp3) is 0.433. The van der Waals surface area contributed by atoms with Gasteiger partial charge in [-0.2, -0.15) is 0 Å². The SMILES string of the molecule is C=c1cc(OCCN2CCOCC2)cc(F)/c1=C(/N=C\C)Nc1ccc(NC(=O)CC(=O)NCC(C)(C)C)cc1. The molecule has 0 aromatic heterocycles. The van der Waals surface area contributed by atoms with Crippen molar-refractivity contribution in [2.75, 3.05) is 56.6 Å². The molecule has 1 aliphatic heterocycles. The van der Waals surface area contributed by atoms with Gasteiger partial charge in [0.25, 0.3) is 0 Å². The Hall–Kier alpha value is -3.76. The zero-order valence-electron chi connectivity index (χ0n) is 23.8. The van der Waals surface area contributed by atoms with Gasteiger partial charge in [-0.05, 0) is 47.9 Å². The summed E-state index contributed by atoms with van der Waals surface area (Å²) >= 11 is 0. The van der Waals surface area contributed by atoms with Crippen LogP contribution in [0.15, 0.2) is 41.4 Å². The zero-order chi connectivity index (χ0) is 29.1. The largest absolute Gasteiger partial charge is 0.492 e. The van der Waals surface area contributed by atoms with Gasteiger partial charge >= 0.3 is 0 Å². The highest BCUT2D eigenvalue weighted by atomic mass is 19.1. The third kappa shape index (κ3) is 10.1. The van der Waals surface area contributed by atoms with Crippen molar-refractivity contribution in [3.05, 3.63) is 52.7 Å². The molecular weight excluding hydrogens is 513 g/mol. The van der Waals surface area contributed by atoms with E-state index in [2.05, 4.69) is 32.4 Å². The van der Waals surface area contributed by atoms with E-state index in [1.807, 2.05) is 20.8 Å². The maximum absolute atomic E-state index is 15.2. The molecule has 0 bridgehead atoms. The highest BCUT2D eigenvalue weighted by molar-refractivity contribution is 6.03. The summed E-state index contributed by atoms with van der Waals surface area (Å²) in [5, 5.41) is 9.27. The van der Waals surface area contributed by atoms with Crippen molar-refractivity contribution in [2.45, 2.75) is 34.1 Å². The molecule has 1 fully saturated rings. The van der Waals surface area contributed by atoms with Crippen LogP contribution < -0.4 is 31.1 Å². The molecule has 2 amide bonds. The molecule has 0 aliphatic carbocycles. The number of nitrogens with one attached hydrogen (secondary N) is 3. The van der Waals surface area contributed by atoms with E-state index in [4.69, 9.17) is 9.47 Å². The molecule has 0 radical (unpaired) electrons. The molecule has 9 nitrogen and oxygen atoms in total. The lowest BCUT2D eigenvalue weighted by molar-refractivity contribution is -0.127. The number of benzene rings is 2. The first-order valence-electron chi connectivity index (χ1n) is 13.4. The van der Waals surface area contributed by atoms with Crippen molar-refractivity contribution < 1.29 is 23.5 Å². The van der Waals surface area contributed by atoms with E-state index in [1.54, 1.807) is 43.5 Å². The number of anilines is 2. The van der Waals surface area contributed by atoms with E-state index >= 15 is 4.39 Å². The van der Waals surface area contributed by atoms with Crippen molar-refractivity contribution in [2.24, 2.45) is 10.4 Å². The minimum Gasteiger partial charge on any atom is -0.492 e. The fourth-order valence-electron chi connectivity index (χ4n) is 3.94. The fourth-order valence-corrected chi connectivity index (χ4v) is 3.94. The molecule has 40 heavy (non-hydrogen) atoms. The van der Waals surface area contributed by atoms with Gasteiger partial charge in [0.05, 0.1) is 18.4 Å². The third-order valence-corrected chi connectivity index (χ3v) is 5.99. The Morgan fingerprint density at radius 2 is 1.75 bits per heavy atom. The van der Waals surface area contributed by atoms with E-state index in [1.165, 1.54) is 6.07 Å². The summed E-state index contributed by atoms with van der Waals surface area (Å²) in [5.74, 6) is -0.549. The van der Waals surface area contributed by atoms with Crippen LogP contribution in [0.25, 0.3) is 12.4 Å². The Kier molecular flexibility index (Phi) is 11.2. The lowest BCUT2D eigenvalue weighted by atomic mass is 9.97. The molecule has 10 heteroatoms. The Morgan fingerprint density at radius 3 is 2.35 bits per heavy atom. The second kappa shape index (κ2) is 14.6. The van der Waals surface area contributed by atoms with E-state index < -0.39 is 11.7 Å². The van der Waals surface area contributed by atoms with Crippen LogP contribution in [0.5, 0.6) is 5.75 Å². The number of carbonyl (C=O) groups is 2. The summed E-state index contributed by atoms with van der Waals surface area (Å²) < 4.78 is 26.4. The van der Waals surface area contributed by atoms with Gasteiger partial charge in [0, 0.05) is 49.8 Å². The number of ether oxygens (including phenoxy) is 2. The summed E-state index contributed by atoms with van der Waals surface area (Å²) in [6.45, 7) is 16.6. The Balaban J connectivity index is 1.64. The summed E-state index contributed by atoms with van der Waals surface area (Å²) in [4.78, 5) is 30.8. The molecule has 1 saturated heterocycles. The summed E-state index contributed by atoms with van der Waals surface area (Å²) in [6, 6.07) is 9.86. The Morgan fingerprint density at radius 1 is 1.10 bits per heavy atom.